The summed E-state index contributed by atoms with van der Waals surface area (Å²) in [6.45, 7) is 7.37. The molecule has 6 nitrogen and oxygen atoms in total. The van der Waals surface area contributed by atoms with Crippen LogP contribution >= 0.6 is 0 Å². The third-order valence-electron chi connectivity index (χ3n) is 4.70. The zero-order valence-electron chi connectivity index (χ0n) is 14.6. The number of rotatable bonds is 5. The lowest BCUT2D eigenvalue weighted by atomic mass is 10.1. The number of likely N-dealkylation sites (N-methyl/N-ethyl adjacent to an activating group) is 1. The first-order valence-corrected chi connectivity index (χ1v) is 8.53. The Hall–Kier alpha value is -2.05. The third kappa shape index (κ3) is 3.39. The smallest absolute Gasteiger partial charge is 0.374 e. The molecule has 2 heterocycles. The van der Waals surface area contributed by atoms with E-state index < -0.39 is 0 Å². The molecule has 1 fully saturated rings. The Morgan fingerprint density at radius 1 is 1.25 bits per heavy atom. The molecular weight excluding hydrogens is 308 g/mol. The Bertz CT molecular complexity index is 717. The maximum absolute atomic E-state index is 12.3. The van der Waals surface area contributed by atoms with E-state index in [2.05, 4.69) is 7.05 Å². The standard InChI is InChI=1S/C18H24N2O4/c1-4-23-18(21)17-15(12-20-9-7-19(2)8-10-20)14-11-13(22-3)5-6-16(14)24-17/h5-6,11H,4,7-10,12H2,1-3H3/p+2. The molecule has 1 saturated heterocycles. The molecule has 1 aliphatic rings. The first kappa shape index (κ1) is 16.8. The van der Waals surface area contributed by atoms with E-state index in [1.54, 1.807) is 18.9 Å². The number of methoxy groups -OCH3 is 1. The maximum atomic E-state index is 12.3. The second kappa shape index (κ2) is 7.23. The largest absolute Gasteiger partial charge is 0.497 e. The Morgan fingerprint density at radius 2 is 2.00 bits per heavy atom. The number of esters is 1. The monoisotopic (exact) mass is 334 g/mol. The minimum absolute atomic E-state index is 0.332. The van der Waals surface area contributed by atoms with Crippen molar-refractivity contribution in [1.29, 1.82) is 0 Å². The quantitative estimate of drug-likeness (QED) is 0.726. The minimum Gasteiger partial charge on any atom is -0.497 e. The van der Waals surface area contributed by atoms with Gasteiger partial charge in [-0.05, 0) is 25.1 Å². The minimum atomic E-state index is -0.387. The van der Waals surface area contributed by atoms with E-state index in [1.165, 1.54) is 4.90 Å². The van der Waals surface area contributed by atoms with E-state index in [0.717, 1.165) is 49.4 Å². The number of quaternary nitrogens is 2. The molecular formula is C18H26N2O4+2. The number of hydrogen-bond donors (Lipinski definition) is 2. The van der Waals surface area contributed by atoms with Crippen molar-refractivity contribution in [3.63, 3.8) is 0 Å². The highest BCUT2D eigenvalue weighted by Crippen LogP contribution is 2.29. The number of carbonyl (C=O) groups is 1. The predicted molar refractivity (Wildman–Crippen MR) is 89.7 cm³/mol. The summed E-state index contributed by atoms with van der Waals surface area (Å²) in [5, 5.41) is 0.941. The van der Waals surface area contributed by atoms with Crippen LogP contribution in [0.25, 0.3) is 11.0 Å². The predicted octanol–water partition coefficient (Wildman–Crippen LogP) is -0.469. The van der Waals surface area contributed by atoms with Crippen LogP contribution in [0.5, 0.6) is 5.75 Å². The van der Waals surface area contributed by atoms with Crippen molar-refractivity contribution in [3.05, 3.63) is 29.5 Å². The second-order valence-corrected chi connectivity index (χ2v) is 6.38. The van der Waals surface area contributed by atoms with Gasteiger partial charge in [0, 0.05) is 5.39 Å². The number of furan rings is 1. The molecule has 3 rings (SSSR count). The van der Waals surface area contributed by atoms with E-state index >= 15 is 0 Å². The normalized spacial score (nSPS) is 21.0. The number of carbonyl (C=O) groups excluding carboxylic acids is 1. The fourth-order valence-electron chi connectivity index (χ4n) is 3.25. The lowest BCUT2D eigenvalue weighted by Gasteiger charge is -2.27. The SMILES string of the molecule is CCOC(=O)c1oc2ccc(OC)cc2c1C[NH+]1CC[NH+](C)CC1. The first-order valence-electron chi connectivity index (χ1n) is 8.53. The van der Waals surface area contributed by atoms with E-state index in [-0.39, 0.29) is 5.97 Å². The van der Waals surface area contributed by atoms with Crippen LogP contribution in [0.2, 0.25) is 0 Å². The topological polar surface area (TPSA) is 57.5 Å². The average Bonchev–Trinajstić information content (AvgIpc) is 2.95. The van der Waals surface area contributed by atoms with Crippen LogP contribution in [0.3, 0.4) is 0 Å². The maximum Gasteiger partial charge on any atom is 0.374 e. The molecule has 0 saturated carbocycles. The molecule has 130 valence electrons. The summed E-state index contributed by atoms with van der Waals surface area (Å²) in [4.78, 5) is 15.4. The Morgan fingerprint density at radius 3 is 2.67 bits per heavy atom. The van der Waals surface area contributed by atoms with Crippen LogP contribution in [0.1, 0.15) is 23.0 Å². The number of ether oxygens (including phenoxy) is 2. The van der Waals surface area contributed by atoms with E-state index in [1.807, 2.05) is 18.2 Å². The number of piperazine rings is 1. The van der Waals surface area contributed by atoms with Crippen LogP contribution in [0.4, 0.5) is 0 Å². The summed E-state index contributed by atoms with van der Waals surface area (Å²) in [5.41, 5.74) is 1.63. The average molecular weight is 334 g/mol. The van der Waals surface area contributed by atoms with Crippen LogP contribution in [0, 0.1) is 0 Å². The van der Waals surface area contributed by atoms with E-state index in [9.17, 15) is 4.79 Å². The molecule has 0 radical (unpaired) electrons. The molecule has 2 N–H and O–H groups in total. The van der Waals surface area contributed by atoms with E-state index in [4.69, 9.17) is 13.9 Å². The molecule has 1 aliphatic heterocycles. The van der Waals surface area contributed by atoms with E-state index in [0.29, 0.717) is 18.0 Å². The van der Waals surface area contributed by atoms with Gasteiger partial charge in [-0.1, -0.05) is 0 Å². The molecule has 2 aromatic rings. The van der Waals surface area contributed by atoms with Gasteiger partial charge in [0.1, 0.15) is 44.1 Å². The van der Waals surface area contributed by atoms with Crippen molar-refractivity contribution >= 4 is 16.9 Å². The Kier molecular flexibility index (Phi) is 5.06. The summed E-state index contributed by atoms with van der Waals surface area (Å²) >= 11 is 0. The molecule has 1 aromatic carbocycles. The second-order valence-electron chi connectivity index (χ2n) is 6.38. The highest BCUT2D eigenvalue weighted by molar-refractivity contribution is 5.96. The zero-order chi connectivity index (χ0) is 17.1. The number of hydrogen-bond acceptors (Lipinski definition) is 4. The highest BCUT2D eigenvalue weighted by Gasteiger charge is 2.28. The van der Waals surface area contributed by atoms with Gasteiger partial charge in [-0.15, -0.1) is 0 Å². The number of fused-ring (bicyclic) bond motifs is 1. The fourth-order valence-corrected chi connectivity index (χ4v) is 3.25. The van der Waals surface area contributed by atoms with Crippen molar-refractivity contribution in [2.24, 2.45) is 0 Å². The summed E-state index contributed by atoms with van der Waals surface area (Å²) in [5.74, 6) is 0.707. The fraction of sp³-hybridized carbons (Fsp3) is 0.500. The van der Waals surface area contributed by atoms with Gasteiger partial charge in [-0.25, -0.2) is 4.79 Å². The lowest BCUT2D eigenvalue weighted by molar-refractivity contribution is -1.01. The molecule has 0 bridgehead atoms. The van der Waals surface area contributed by atoms with Crippen LogP contribution in [-0.4, -0.2) is 52.9 Å². The summed E-state index contributed by atoms with van der Waals surface area (Å²) in [6.07, 6.45) is 0. The molecule has 0 aliphatic carbocycles. The molecule has 1 aromatic heterocycles. The van der Waals surface area contributed by atoms with Gasteiger partial charge < -0.3 is 23.7 Å². The van der Waals surface area contributed by atoms with Crippen molar-refractivity contribution in [3.8, 4) is 5.75 Å². The van der Waals surface area contributed by atoms with Gasteiger partial charge in [-0.3, -0.25) is 0 Å². The number of benzene rings is 1. The van der Waals surface area contributed by atoms with Crippen LogP contribution < -0.4 is 14.5 Å². The zero-order valence-corrected chi connectivity index (χ0v) is 14.6. The molecule has 0 spiro atoms. The third-order valence-corrected chi connectivity index (χ3v) is 4.70. The van der Waals surface area contributed by atoms with Gasteiger partial charge >= 0.3 is 5.97 Å². The van der Waals surface area contributed by atoms with Crippen LogP contribution in [0.15, 0.2) is 22.6 Å². The van der Waals surface area contributed by atoms with Crippen LogP contribution in [-0.2, 0) is 11.3 Å². The summed E-state index contributed by atoms with van der Waals surface area (Å²) in [7, 11) is 3.86. The highest BCUT2D eigenvalue weighted by atomic mass is 16.5. The van der Waals surface area contributed by atoms with Crippen molar-refractivity contribution in [1.82, 2.24) is 0 Å². The summed E-state index contributed by atoms with van der Waals surface area (Å²) < 4.78 is 16.3. The summed E-state index contributed by atoms with van der Waals surface area (Å²) in [6, 6.07) is 5.64. The first-order chi connectivity index (χ1) is 11.6. The van der Waals surface area contributed by atoms with Gasteiger partial charge in [0.15, 0.2) is 0 Å². The molecule has 6 heteroatoms. The van der Waals surface area contributed by atoms with Crippen molar-refractivity contribution in [2.75, 3.05) is 46.9 Å². The van der Waals surface area contributed by atoms with Gasteiger partial charge in [-0.2, -0.15) is 0 Å². The Labute approximate surface area is 141 Å². The van der Waals surface area contributed by atoms with Gasteiger partial charge in [0.2, 0.25) is 5.76 Å². The molecule has 0 atom stereocenters. The van der Waals surface area contributed by atoms with Crippen molar-refractivity contribution in [2.45, 2.75) is 13.5 Å². The van der Waals surface area contributed by atoms with Gasteiger partial charge in [0.05, 0.1) is 26.3 Å². The van der Waals surface area contributed by atoms with Crippen molar-refractivity contribution < 1.29 is 28.5 Å². The lowest BCUT2D eigenvalue weighted by Crippen LogP contribution is -3.26. The molecule has 24 heavy (non-hydrogen) atoms. The molecule has 0 unspecified atom stereocenters. The number of nitrogens with one attached hydrogen (secondary N) is 2. The molecule has 0 amide bonds. The Balaban J connectivity index is 1.97. The van der Waals surface area contributed by atoms with Gasteiger partial charge in [0.25, 0.3) is 0 Å².